The number of pyridine rings is 1. The Hall–Kier alpha value is -1.63. The van der Waals surface area contributed by atoms with Gasteiger partial charge in [0.15, 0.2) is 11.5 Å². The zero-order valence-electron chi connectivity index (χ0n) is 11.4. The van der Waals surface area contributed by atoms with E-state index in [-0.39, 0.29) is 6.04 Å². The fourth-order valence-electron chi connectivity index (χ4n) is 2.29. The molecular weight excluding hydrogens is 334 g/mol. The number of nitrogens with zero attached hydrogens (tertiary/aromatic N) is 1. The Morgan fingerprint density at radius 1 is 1.19 bits per heavy atom. The van der Waals surface area contributed by atoms with Crippen LogP contribution in [-0.2, 0) is 6.42 Å². The van der Waals surface area contributed by atoms with Crippen LogP contribution in [0.15, 0.2) is 41.0 Å². The molecule has 2 heterocycles. The first-order valence-corrected chi connectivity index (χ1v) is 7.51. The molecule has 1 atom stereocenters. The number of aromatic nitrogens is 1. The summed E-state index contributed by atoms with van der Waals surface area (Å²) in [6, 6.07) is 9.80. The molecule has 0 amide bonds. The number of hydrogen-bond acceptors (Lipinski definition) is 5. The highest BCUT2D eigenvalue weighted by molar-refractivity contribution is 9.10. The Labute approximate surface area is 131 Å². The summed E-state index contributed by atoms with van der Waals surface area (Å²) in [4.78, 5) is 4.38. The van der Waals surface area contributed by atoms with Crippen molar-refractivity contribution in [3.8, 4) is 11.5 Å². The molecule has 3 N–H and O–H groups in total. The van der Waals surface area contributed by atoms with E-state index >= 15 is 0 Å². The Morgan fingerprint density at radius 3 is 2.71 bits per heavy atom. The van der Waals surface area contributed by atoms with Crippen LogP contribution in [0.1, 0.15) is 17.3 Å². The molecule has 1 aliphatic heterocycles. The van der Waals surface area contributed by atoms with E-state index in [9.17, 15) is 0 Å². The van der Waals surface area contributed by atoms with E-state index in [0.717, 1.165) is 27.2 Å². The van der Waals surface area contributed by atoms with Crippen molar-refractivity contribution >= 4 is 15.9 Å². The van der Waals surface area contributed by atoms with Crippen molar-refractivity contribution in [1.82, 2.24) is 10.4 Å². The van der Waals surface area contributed by atoms with Crippen LogP contribution in [0.5, 0.6) is 11.5 Å². The van der Waals surface area contributed by atoms with Crippen LogP contribution in [0.25, 0.3) is 0 Å². The van der Waals surface area contributed by atoms with E-state index in [0.29, 0.717) is 19.6 Å². The fraction of sp³-hybridized carbons (Fsp3) is 0.267. The maximum Gasteiger partial charge on any atom is 0.161 e. The van der Waals surface area contributed by atoms with Crippen LogP contribution in [0.3, 0.4) is 0 Å². The van der Waals surface area contributed by atoms with Gasteiger partial charge in [-0.1, -0.05) is 6.07 Å². The number of hydrazine groups is 1. The molecule has 1 unspecified atom stereocenters. The van der Waals surface area contributed by atoms with Crippen molar-refractivity contribution in [3.05, 3.63) is 52.3 Å². The minimum atomic E-state index is -0.0329. The number of rotatable bonds is 4. The summed E-state index contributed by atoms with van der Waals surface area (Å²) in [5.74, 6) is 7.25. The summed E-state index contributed by atoms with van der Waals surface area (Å²) in [6.45, 7) is 1.17. The molecule has 1 aliphatic rings. The SMILES string of the molecule is NNC(Cc1ccc(Br)cn1)c1ccc2c(c1)OCCO2. The molecule has 0 spiro atoms. The Bertz CT molecular complexity index is 619. The van der Waals surface area contributed by atoms with E-state index < -0.39 is 0 Å². The normalized spacial score (nSPS) is 14.8. The van der Waals surface area contributed by atoms with Crippen molar-refractivity contribution in [2.75, 3.05) is 13.2 Å². The summed E-state index contributed by atoms with van der Waals surface area (Å²) in [6.07, 6.45) is 2.48. The average molecular weight is 350 g/mol. The van der Waals surface area contributed by atoms with Crippen molar-refractivity contribution < 1.29 is 9.47 Å². The summed E-state index contributed by atoms with van der Waals surface area (Å²) in [5, 5.41) is 0. The van der Waals surface area contributed by atoms with Crippen LogP contribution in [0, 0.1) is 0 Å². The predicted molar refractivity (Wildman–Crippen MR) is 83.1 cm³/mol. The van der Waals surface area contributed by atoms with Gasteiger partial charge in [0.05, 0.1) is 6.04 Å². The standard InChI is InChI=1S/C15H16BrN3O2/c16-11-2-3-12(18-9-11)8-13(19-17)10-1-4-14-15(7-10)21-6-5-20-14/h1-4,7,9,13,19H,5-6,8,17H2. The number of hydrogen-bond donors (Lipinski definition) is 2. The second-order valence-electron chi connectivity index (χ2n) is 4.79. The average Bonchev–Trinajstić information content (AvgIpc) is 2.54. The van der Waals surface area contributed by atoms with Gasteiger partial charge in [-0.15, -0.1) is 0 Å². The van der Waals surface area contributed by atoms with Gasteiger partial charge in [-0.05, 0) is 45.8 Å². The third-order valence-corrected chi connectivity index (χ3v) is 3.84. The van der Waals surface area contributed by atoms with E-state index in [1.54, 1.807) is 6.20 Å². The lowest BCUT2D eigenvalue weighted by Gasteiger charge is -2.21. The fourth-order valence-corrected chi connectivity index (χ4v) is 2.52. The molecule has 3 rings (SSSR count). The molecular formula is C15H16BrN3O2. The number of halogens is 1. The van der Waals surface area contributed by atoms with E-state index in [4.69, 9.17) is 15.3 Å². The van der Waals surface area contributed by atoms with Gasteiger partial charge in [0.2, 0.25) is 0 Å². The van der Waals surface area contributed by atoms with Crippen LogP contribution in [0.2, 0.25) is 0 Å². The zero-order valence-corrected chi connectivity index (χ0v) is 13.0. The van der Waals surface area contributed by atoms with Gasteiger partial charge in [-0.3, -0.25) is 16.3 Å². The molecule has 1 aromatic carbocycles. The molecule has 6 heteroatoms. The highest BCUT2D eigenvalue weighted by Gasteiger charge is 2.17. The van der Waals surface area contributed by atoms with Crippen LogP contribution in [-0.4, -0.2) is 18.2 Å². The molecule has 0 saturated carbocycles. The van der Waals surface area contributed by atoms with Gasteiger partial charge < -0.3 is 9.47 Å². The quantitative estimate of drug-likeness (QED) is 0.655. The minimum Gasteiger partial charge on any atom is -0.486 e. The van der Waals surface area contributed by atoms with Gasteiger partial charge in [0, 0.05) is 22.8 Å². The highest BCUT2D eigenvalue weighted by Crippen LogP contribution is 2.33. The molecule has 0 fully saturated rings. The summed E-state index contributed by atoms with van der Waals surface area (Å²) in [7, 11) is 0. The maximum absolute atomic E-state index is 5.70. The lowest BCUT2D eigenvalue weighted by atomic mass is 10.0. The first-order valence-electron chi connectivity index (χ1n) is 6.72. The van der Waals surface area contributed by atoms with Gasteiger partial charge >= 0.3 is 0 Å². The molecule has 0 radical (unpaired) electrons. The smallest absolute Gasteiger partial charge is 0.161 e. The number of nitrogens with two attached hydrogens (primary N) is 1. The first kappa shape index (κ1) is 14.3. The first-order chi connectivity index (χ1) is 10.3. The van der Waals surface area contributed by atoms with Gasteiger partial charge in [0.1, 0.15) is 13.2 Å². The third-order valence-electron chi connectivity index (χ3n) is 3.37. The topological polar surface area (TPSA) is 69.4 Å². The Morgan fingerprint density at radius 2 is 2.00 bits per heavy atom. The molecule has 0 bridgehead atoms. The molecule has 0 aliphatic carbocycles. The van der Waals surface area contributed by atoms with Gasteiger partial charge in [-0.25, -0.2) is 0 Å². The number of ether oxygens (including phenoxy) is 2. The molecule has 5 nitrogen and oxygen atoms in total. The highest BCUT2D eigenvalue weighted by atomic mass is 79.9. The Kier molecular flexibility index (Phi) is 4.38. The number of benzene rings is 1. The van der Waals surface area contributed by atoms with E-state index in [1.807, 2.05) is 30.3 Å². The zero-order chi connectivity index (χ0) is 14.7. The largest absolute Gasteiger partial charge is 0.486 e. The summed E-state index contributed by atoms with van der Waals surface area (Å²) < 4.78 is 12.1. The van der Waals surface area contributed by atoms with Gasteiger partial charge in [-0.2, -0.15) is 0 Å². The lowest BCUT2D eigenvalue weighted by Crippen LogP contribution is -2.30. The van der Waals surface area contributed by atoms with E-state index in [1.165, 1.54) is 0 Å². The molecule has 2 aromatic rings. The van der Waals surface area contributed by atoms with Crippen LogP contribution in [0.4, 0.5) is 0 Å². The summed E-state index contributed by atoms with van der Waals surface area (Å²) in [5.41, 5.74) is 4.86. The molecule has 0 saturated heterocycles. The number of nitrogens with one attached hydrogen (secondary N) is 1. The van der Waals surface area contributed by atoms with Crippen molar-refractivity contribution in [2.24, 2.45) is 5.84 Å². The maximum atomic E-state index is 5.70. The number of fused-ring (bicyclic) bond motifs is 1. The minimum absolute atomic E-state index is 0.0329. The lowest BCUT2D eigenvalue weighted by molar-refractivity contribution is 0.171. The van der Waals surface area contributed by atoms with Gasteiger partial charge in [0.25, 0.3) is 0 Å². The molecule has 21 heavy (non-hydrogen) atoms. The van der Waals surface area contributed by atoms with E-state index in [2.05, 4.69) is 26.3 Å². The Balaban J connectivity index is 1.81. The predicted octanol–water partition coefficient (Wildman–Crippen LogP) is 2.36. The van der Waals surface area contributed by atoms with Crippen LogP contribution < -0.4 is 20.7 Å². The second kappa shape index (κ2) is 6.43. The monoisotopic (exact) mass is 349 g/mol. The second-order valence-corrected chi connectivity index (χ2v) is 5.71. The van der Waals surface area contributed by atoms with Crippen molar-refractivity contribution in [2.45, 2.75) is 12.5 Å². The van der Waals surface area contributed by atoms with Crippen LogP contribution >= 0.6 is 15.9 Å². The van der Waals surface area contributed by atoms with Crippen molar-refractivity contribution in [3.63, 3.8) is 0 Å². The third kappa shape index (κ3) is 3.34. The van der Waals surface area contributed by atoms with Crippen molar-refractivity contribution in [1.29, 1.82) is 0 Å². The molecule has 1 aromatic heterocycles. The summed E-state index contributed by atoms with van der Waals surface area (Å²) >= 11 is 3.38. The molecule has 110 valence electrons.